The highest BCUT2D eigenvalue weighted by molar-refractivity contribution is 4.45. The van der Waals surface area contributed by atoms with Gasteiger partial charge in [-0.1, -0.05) is 32.1 Å². The van der Waals surface area contributed by atoms with Crippen molar-refractivity contribution >= 4 is 0 Å². The van der Waals surface area contributed by atoms with Crippen LogP contribution < -0.4 is 0 Å². The fourth-order valence-electron chi connectivity index (χ4n) is 1.47. The van der Waals surface area contributed by atoms with Crippen LogP contribution in [-0.2, 0) is 4.74 Å². The van der Waals surface area contributed by atoms with Crippen LogP contribution in [0.4, 0.5) is 0 Å². The number of ether oxygens (including phenoxy) is 1. The van der Waals surface area contributed by atoms with Crippen molar-refractivity contribution in [2.75, 3.05) is 26.4 Å². The van der Waals surface area contributed by atoms with Crippen molar-refractivity contribution < 1.29 is 14.9 Å². The van der Waals surface area contributed by atoms with Gasteiger partial charge in [-0.15, -0.1) is 0 Å². The van der Waals surface area contributed by atoms with E-state index in [1.165, 1.54) is 25.7 Å². The summed E-state index contributed by atoms with van der Waals surface area (Å²) in [5, 5.41) is 17.1. The second-order valence-corrected chi connectivity index (χ2v) is 3.89. The van der Waals surface area contributed by atoms with E-state index in [0.717, 1.165) is 32.3 Å². The van der Waals surface area contributed by atoms with Crippen LogP contribution in [-0.4, -0.2) is 36.6 Å². The van der Waals surface area contributed by atoms with E-state index in [4.69, 9.17) is 14.9 Å². The van der Waals surface area contributed by atoms with Crippen LogP contribution in [0.2, 0.25) is 0 Å². The van der Waals surface area contributed by atoms with Gasteiger partial charge in [0.25, 0.3) is 0 Å². The van der Waals surface area contributed by atoms with Crippen LogP contribution in [0.3, 0.4) is 0 Å². The van der Waals surface area contributed by atoms with E-state index in [1.54, 1.807) is 0 Å². The third-order valence-electron chi connectivity index (χ3n) is 2.39. The summed E-state index contributed by atoms with van der Waals surface area (Å²) < 4.78 is 5.33. The van der Waals surface area contributed by atoms with Crippen LogP contribution in [0.25, 0.3) is 0 Å². The molecule has 0 aromatic carbocycles. The highest BCUT2D eigenvalue weighted by atomic mass is 16.5. The molecule has 0 aliphatic heterocycles. The Hall–Kier alpha value is -0.120. The van der Waals surface area contributed by atoms with Gasteiger partial charge in [-0.3, -0.25) is 0 Å². The zero-order chi connectivity index (χ0) is 11.2. The molecule has 92 valence electrons. The molecule has 0 amide bonds. The van der Waals surface area contributed by atoms with Crippen LogP contribution >= 0.6 is 0 Å². The summed E-state index contributed by atoms with van der Waals surface area (Å²) in [6.45, 7) is 2.08. The molecule has 0 bridgehead atoms. The predicted octanol–water partition coefficient (Wildman–Crippen LogP) is 2.11. The van der Waals surface area contributed by atoms with E-state index >= 15 is 0 Å². The molecule has 15 heavy (non-hydrogen) atoms. The Morgan fingerprint density at radius 2 is 1.00 bits per heavy atom. The summed E-state index contributed by atoms with van der Waals surface area (Å²) in [5.74, 6) is 0. The van der Waals surface area contributed by atoms with E-state index in [9.17, 15) is 0 Å². The lowest BCUT2D eigenvalue weighted by Gasteiger charge is -2.03. The number of rotatable bonds is 12. The Bertz CT molecular complexity index is 95.0. The van der Waals surface area contributed by atoms with Gasteiger partial charge in [0.15, 0.2) is 0 Å². The van der Waals surface area contributed by atoms with Gasteiger partial charge >= 0.3 is 0 Å². The van der Waals surface area contributed by atoms with Crippen LogP contribution in [0.5, 0.6) is 0 Å². The third-order valence-corrected chi connectivity index (χ3v) is 2.39. The Morgan fingerprint density at radius 1 is 0.533 bits per heavy atom. The Morgan fingerprint density at radius 3 is 1.60 bits per heavy atom. The quantitative estimate of drug-likeness (QED) is 0.493. The van der Waals surface area contributed by atoms with E-state index < -0.39 is 0 Å². The third kappa shape index (κ3) is 13.9. The molecule has 0 fully saturated rings. The van der Waals surface area contributed by atoms with E-state index in [0.29, 0.717) is 13.2 Å². The molecule has 2 N–H and O–H groups in total. The second-order valence-electron chi connectivity index (χ2n) is 3.89. The van der Waals surface area contributed by atoms with Crippen LogP contribution in [0.1, 0.15) is 51.4 Å². The number of hydrogen-bond donors (Lipinski definition) is 2. The molecule has 0 heterocycles. The van der Waals surface area contributed by atoms with Crippen molar-refractivity contribution in [2.45, 2.75) is 51.4 Å². The molecule has 0 spiro atoms. The van der Waals surface area contributed by atoms with E-state index in [2.05, 4.69) is 0 Å². The van der Waals surface area contributed by atoms with Gasteiger partial charge in [0.2, 0.25) is 0 Å². The van der Waals surface area contributed by atoms with E-state index in [-0.39, 0.29) is 6.61 Å². The fourth-order valence-corrected chi connectivity index (χ4v) is 1.47. The first-order valence-corrected chi connectivity index (χ1v) is 6.21. The highest BCUT2D eigenvalue weighted by Gasteiger charge is 1.92. The predicted molar refractivity (Wildman–Crippen MR) is 61.9 cm³/mol. The molecule has 0 radical (unpaired) electrons. The van der Waals surface area contributed by atoms with Gasteiger partial charge in [-0.05, 0) is 19.3 Å². The molecule has 0 unspecified atom stereocenters. The summed E-state index contributed by atoms with van der Waals surface area (Å²) in [5.41, 5.74) is 0. The zero-order valence-electron chi connectivity index (χ0n) is 9.79. The van der Waals surface area contributed by atoms with Crippen molar-refractivity contribution in [3.63, 3.8) is 0 Å². The lowest BCUT2D eigenvalue weighted by Crippen LogP contribution is -1.98. The molecule has 3 nitrogen and oxygen atoms in total. The fraction of sp³-hybridized carbons (Fsp3) is 1.00. The normalized spacial score (nSPS) is 10.8. The molecule has 0 saturated carbocycles. The largest absolute Gasteiger partial charge is 0.396 e. The minimum absolute atomic E-state index is 0.227. The number of hydrogen-bond acceptors (Lipinski definition) is 3. The second kappa shape index (κ2) is 13.9. The molecule has 3 heteroatoms. The first-order valence-electron chi connectivity index (χ1n) is 6.21. The van der Waals surface area contributed by atoms with Gasteiger partial charge in [0.1, 0.15) is 0 Å². The Labute approximate surface area is 93.5 Å². The van der Waals surface area contributed by atoms with Gasteiger partial charge in [0.05, 0.1) is 0 Å². The number of aliphatic hydroxyl groups is 2. The smallest absolute Gasteiger partial charge is 0.0487 e. The summed E-state index contributed by atoms with van der Waals surface area (Å²) >= 11 is 0. The molecular formula is C12H26O3. The Balaban J connectivity index is 2.81. The maximum Gasteiger partial charge on any atom is 0.0487 e. The monoisotopic (exact) mass is 218 g/mol. The van der Waals surface area contributed by atoms with Crippen LogP contribution in [0.15, 0.2) is 0 Å². The average molecular weight is 218 g/mol. The van der Waals surface area contributed by atoms with Gasteiger partial charge in [0, 0.05) is 26.4 Å². The molecular weight excluding hydrogens is 192 g/mol. The summed E-state index contributed by atoms with van der Waals surface area (Å²) in [4.78, 5) is 0. The summed E-state index contributed by atoms with van der Waals surface area (Å²) in [7, 11) is 0. The van der Waals surface area contributed by atoms with Crippen molar-refractivity contribution in [1.29, 1.82) is 0 Å². The maximum absolute atomic E-state index is 8.58. The van der Waals surface area contributed by atoms with Gasteiger partial charge in [-0.25, -0.2) is 0 Å². The first-order chi connectivity index (χ1) is 7.41. The minimum atomic E-state index is 0.227. The standard InChI is InChI=1S/C12H26O3/c13-9-6-4-2-1-3-5-7-11-15-12-8-10-14/h13-14H,1-12H2. The highest BCUT2D eigenvalue weighted by Crippen LogP contribution is 2.06. The lowest BCUT2D eigenvalue weighted by atomic mass is 10.1. The summed E-state index contributed by atoms with van der Waals surface area (Å²) in [6.07, 6.45) is 9.01. The molecule has 0 aromatic heterocycles. The maximum atomic E-state index is 8.58. The SMILES string of the molecule is OCCCCCCCCCOCCCO. The van der Waals surface area contributed by atoms with E-state index in [1.807, 2.05) is 0 Å². The minimum Gasteiger partial charge on any atom is -0.396 e. The number of unbranched alkanes of at least 4 members (excludes halogenated alkanes) is 6. The lowest BCUT2D eigenvalue weighted by molar-refractivity contribution is 0.112. The molecule has 0 saturated heterocycles. The van der Waals surface area contributed by atoms with Gasteiger partial charge in [-0.2, -0.15) is 0 Å². The van der Waals surface area contributed by atoms with Crippen molar-refractivity contribution in [3.8, 4) is 0 Å². The number of aliphatic hydroxyl groups excluding tert-OH is 2. The molecule has 0 rings (SSSR count). The van der Waals surface area contributed by atoms with Crippen LogP contribution in [0, 0.1) is 0 Å². The summed E-state index contributed by atoms with van der Waals surface area (Å²) in [6, 6.07) is 0. The first kappa shape index (κ1) is 14.9. The van der Waals surface area contributed by atoms with Crippen molar-refractivity contribution in [1.82, 2.24) is 0 Å². The molecule has 0 aliphatic carbocycles. The Kier molecular flexibility index (Phi) is 13.8. The van der Waals surface area contributed by atoms with Crippen molar-refractivity contribution in [2.24, 2.45) is 0 Å². The zero-order valence-corrected chi connectivity index (χ0v) is 9.79. The molecule has 0 aliphatic rings. The molecule has 0 aromatic rings. The molecule has 0 atom stereocenters. The van der Waals surface area contributed by atoms with Crippen molar-refractivity contribution in [3.05, 3.63) is 0 Å². The van der Waals surface area contributed by atoms with Gasteiger partial charge < -0.3 is 14.9 Å². The topological polar surface area (TPSA) is 49.7 Å². The average Bonchev–Trinajstić information content (AvgIpc) is 2.26.